The molecular weight excluding hydrogens is 437 g/mol. The summed E-state index contributed by atoms with van der Waals surface area (Å²) >= 11 is 0. The summed E-state index contributed by atoms with van der Waals surface area (Å²) in [5.74, 6) is 0.352. The maximum Gasteiger partial charge on any atom is 0.416 e. The fraction of sp³-hybridized carbons (Fsp3) is 0.250. The van der Waals surface area contributed by atoms with Crippen molar-refractivity contribution in [3.63, 3.8) is 0 Å². The van der Waals surface area contributed by atoms with Crippen molar-refractivity contribution in [3.8, 4) is 0 Å². The van der Waals surface area contributed by atoms with E-state index in [0.29, 0.717) is 18.2 Å². The summed E-state index contributed by atoms with van der Waals surface area (Å²) in [6, 6.07) is 19.2. The van der Waals surface area contributed by atoms with E-state index < -0.39 is 21.8 Å². The maximum atomic E-state index is 13.6. The van der Waals surface area contributed by atoms with Crippen molar-refractivity contribution in [1.29, 1.82) is 0 Å². The van der Waals surface area contributed by atoms with Crippen LogP contribution in [0.1, 0.15) is 42.0 Å². The van der Waals surface area contributed by atoms with Gasteiger partial charge in [0.15, 0.2) is 0 Å². The number of nitrogens with zero attached hydrogens (tertiary/aromatic N) is 1. The molecule has 0 heterocycles. The van der Waals surface area contributed by atoms with Crippen molar-refractivity contribution in [2.75, 3.05) is 4.90 Å². The van der Waals surface area contributed by atoms with Crippen molar-refractivity contribution >= 4 is 15.7 Å². The van der Waals surface area contributed by atoms with Gasteiger partial charge < -0.3 is 4.90 Å². The quantitative estimate of drug-likeness (QED) is 0.491. The van der Waals surface area contributed by atoms with Gasteiger partial charge in [0.05, 0.1) is 10.5 Å². The molecule has 0 aliphatic rings. The highest BCUT2D eigenvalue weighted by molar-refractivity contribution is 7.89. The molecule has 3 rings (SSSR count). The van der Waals surface area contributed by atoms with E-state index in [-0.39, 0.29) is 17.0 Å². The summed E-state index contributed by atoms with van der Waals surface area (Å²) in [6.45, 7) is 4.39. The van der Waals surface area contributed by atoms with Gasteiger partial charge in [-0.25, -0.2) is 13.6 Å². The van der Waals surface area contributed by atoms with Gasteiger partial charge in [0.1, 0.15) is 0 Å². The smallest absolute Gasteiger partial charge is 0.363 e. The molecule has 170 valence electrons. The molecule has 0 atom stereocenters. The second kappa shape index (κ2) is 9.34. The van der Waals surface area contributed by atoms with E-state index in [9.17, 15) is 21.6 Å². The second-order valence-corrected chi connectivity index (χ2v) is 9.51. The molecule has 0 aliphatic carbocycles. The molecule has 0 fully saturated rings. The first-order chi connectivity index (χ1) is 14.9. The lowest BCUT2D eigenvalue weighted by Crippen LogP contribution is -2.24. The SMILES string of the molecule is CC(C)c1ccc(CN(Cc2ccccc2C(F)(F)F)c2cccc(S(N)(=O)=O)c2)cc1. The topological polar surface area (TPSA) is 63.4 Å². The molecule has 32 heavy (non-hydrogen) atoms. The Morgan fingerprint density at radius 1 is 0.906 bits per heavy atom. The van der Waals surface area contributed by atoms with E-state index in [1.807, 2.05) is 24.3 Å². The summed E-state index contributed by atoms with van der Waals surface area (Å²) in [6.07, 6.45) is -4.50. The number of sulfonamides is 1. The average molecular weight is 463 g/mol. The Balaban J connectivity index is 2.02. The second-order valence-electron chi connectivity index (χ2n) is 7.95. The van der Waals surface area contributed by atoms with E-state index in [1.165, 1.54) is 30.3 Å². The van der Waals surface area contributed by atoms with Crippen LogP contribution in [0.15, 0.2) is 77.7 Å². The van der Waals surface area contributed by atoms with Crippen LogP contribution in [0.3, 0.4) is 0 Å². The normalized spacial score (nSPS) is 12.2. The van der Waals surface area contributed by atoms with Gasteiger partial charge in [-0.3, -0.25) is 0 Å². The van der Waals surface area contributed by atoms with Crippen molar-refractivity contribution in [2.24, 2.45) is 5.14 Å². The third kappa shape index (κ3) is 5.89. The summed E-state index contributed by atoms with van der Waals surface area (Å²) < 4.78 is 64.3. The van der Waals surface area contributed by atoms with Crippen LogP contribution in [0.2, 0.25) is 0 Å². The number of nitrogens with two attached hydrogens (primary N) is 1. The summed E-state index contributed by atoms with van der Waals surface area (Å²) in [7, 11) is -3.96. The van der Waals surface area contributed by atoms with Gasteiger partial charge in [-0.1, -0.05) is 62.4 Å². The number of alkyl halides is 3. The fourth-order valence-corrected chi connectivity index (χ4v) is 4.02. The van der Waals surface area contributed by atoms with Gasteiger partial charge in [-0.2, -0.15) is 13.2 Å². The summed E-state index contributed by atoms with van der Waals surface area (Å²) in [5.41, 5.74) is 1.88. The Labute approximate surface area is 186 Å². The van der Waals surface area contributed by atoms with Crippen LogP contribution < -0.4 is 10.0 Å². The van der Waals surface area contributed by atoms with Crippen molar-refractivity contribution in [3.05, 3.63) is 95.1 Å². The molecule has 3 aromatic rings. The molecule has 0 radical (unpaired) electrons. The first-order valence-corrected chi connectivity index (χ1v) is 11.6. The molecular formula is C24H25F3N2O2S. The summed E-state index contributed by atoms with van der Waals surface area (Å²) in [5, 5.41) is 5.26. The third-order valence-electron chi connectivity index (χ3n) is 5.22. The fourth-order valence-electron chi connectivity index (χ4n) is 3.46. The van der Waals surface area contributed by atoms with Gasteiger partial charge in [0, 0.05) is 18.8 Å². The molecule has 0 spiro atoms. The number of hydrogen-bond acceptors (Lipinski definition) is 3. The summed E-state index contributed by atoms with van der Waals surface area (Å²) in [4.78, 5) is 1.61. The zero-order chi connectivity index (χ0) is 23.5. The maximum absolute atomic E-state index is 13.6. The van der Waals surface area contributed by atoms with Crippen molar-refractivity contribution in [1.82, 2.24) is 0 Å². The molecule has 2 N–H and O–H groups in total. The average Bonchev–Trinajstić information content (AvgIpc) is 2.73. The molecule has 0 saturated heterocycles. The van der Waals surface area contributed by atoms with Crippen LogP contribution in [0, 0.1) is 0 Å². The number of halogens is 3. The Kier molecular flexibility index (Phi) is 6.95. The molecule has 0 saturated carbocycles. The van der Waals surface area contributed by atoms with Gasteiger partial charge in [0.25, 0.3) is 0 Å². The van der Waals surface area contributed by atoms with E-state index >= 15 is 0 Å². The lowest BCUT2D eigenvalue weighted by molar-refractivity contribution is -0.138. The lowest BCUT2D eigenvalue weighted by atomic mass is 10.0. The van der Waals surface area contributed by atoms with Gasteiger partial charge in [-0.05, 0) is 46.9 Å². The van der Waals surface area contributed by atoms with Gasteiger partial charge in [0.2, 0.25) is 10.0 Å². The highest BCUT2D eigenvalue weighted by Gasteiger charge is 2.33. The van der Waals surface area contributed by atoms with Crippen LogP contribution in [-0.2, 0) is 29.3 Å². The monoisotopic (exact) mass is 462 g/mol. The van der Waals surface area contributed by atoms with Crippen LogP contribution in [-0.4, -0.2) is 8.42 Å². The van der Waals surface area contributed by atoms with Crippen LogP contribution in [0.25, 0.3) is 0 Å². The molecule has 0 aromatic heterocycles. The Hall–Kier alpha value is -2.84. The number of rotatable bonds is 7. The van der Waals surface area contributed by atoms with Crippen molar-refractivity contribution in [2.45, 2.75) is 43.9 Å². The predicted octanol–water partition coefficient (Wildman–Crippen LogP) is 5.68. The Morgan fingerprint density at radius 2 is 1.56 bits per heavy atom. The van der Waals surface area contributed by atoms with Gasteiger partial charge >= 0.3 is 6.18 Å². The molecule has 3 aromatic carbocycles. The number of anilines is 1. The van der Waals surface area contributed by atoms with E-state index in [1.54, 1.807) is 17.0 Å². The third-order valence-corrected chi connectivity index (χ3v) is 6.13. The molecule has 0 aliphatic heterocycles. The minimum absolute atomic E-state index is 0.0598. The molecule has 0 unspecified atom stereocenters. The highest BCUT2D eigenvalue weighted by atomic mass is 32.2. The Bertz CT molecular complexity index is 1170. The van der Waals surface area contributed by atoms with E-state index in [4.69, 9.17) is 5.14 Å². The largest absolute Gasteiger partial charge is 0.416 e. The number of hydrogen-bond donors (Lipinski definition) is 1. The van der Waals surface area contributed by atoms with Crippen molar-refractivity contribution < 1.29 is 21.6 Å². The van der Waals surface area contributed by atoms with Crippen LogP contribution in [0.5, 0.6) is 0 Å². The standard InChI is InChI=1S/C24H25F3N2O2S/c1-17(2)19-12-10-18(11-13-19)15-29(21-7-5-8-22(14-21)32(28,30)31)16-20-6-3-4-9-23(20)24(25,26)27/h3-14,17H,15-16H2,1-2H3,(H2,28,30,31). The predicted molar refractivity (Wildman–Crippen MR) is 120 cm³/mol. The van der Waals surface area contributed by atoms with E-state index in [0.717, 1.165) is 17.2 Å². The zero-order valence-electron chi connectivity index (χ0n) is 17.8. The molecule has 0 bridgehead atoms. The molecule has 4 nitrogen and oxygen atoms in total. The van der Waals surface area contributed by atoms with Gasteiger partial charge in [-0.15, -0.1) is 0 Å². The number of benzene rings is 3. The first-order valence-electron chi connectivity index (χ1n) is 10.1. The highest BCUT2D eigenvalue weighted by Crippen LogP contribution is 2.33. The molecule has 8 heteroatoms. The first kappa shape index (κ1) is 23.8. The minimum atomic E-state index is -4.50. The zero-order valence-corrected chi connectivity index (χ0v) is 18.6. The van der Waals surface area contributed by atoms with E-state index in [2.05, 4.69) is 13.8 Å². The lowest BCUT2D eigenvalue weighted by Gasteiger charge is -2.27. The minimum Gasteiger partial charge on any atom is -0.363 e. The van der Waals surface area contributed by atoms with Crippen LogP contribution >= 0.6 is 0 Å². The molecule has 0 amide bonds. The Morgan fingerprint density at radius 3 is 2.16 bits per heavy atom. The number of primary sulfonamides is 1. The van der Waals surface area contributed by atoms with Crippen LogP contribution in [0.4, 0.5) is 18.9 Å².